The van der Waals surface area contributed by atoms with Gasteiger partial charge >= 0.3 is 5.97 Å². The van der Waals surface area contributed by atoms with Crippen LogP contribution >= 0.6 is 0 Å². The van der Waals surface area contributed by atoms with Gasteiger partial charge in [-0.25, -0.2) is 0 Å². The summed E-state index contributed by atoms with van der Waals surface area (Å²) in [6.45, 7) is 4.99. The number of hydrogen-bond donors (Lipinski definition) is 1. The van der Waals surface area contributed by atoms with Crippen LogP contribution in [0.5, 0.6) is 0 Å². The predicted octanol–water partition coefficient (Wildman–Crippen LogP) is 2.04. The number of hydrogen-bond acceptors (Lipinski definition) is 2. The van der Waals surface area contributed by atoms with Gasteiger partial charge in [-0.1, -0.05) is 5.11 Å². The summed E-state index contributed by atoms with van der Waals surface area (Å²) in [5, 5.41) is 11.2. The van der Waals surface area contributed by atoms with E-state index in [4.69, 9.17) is 10.6 Å². The smallest absolute Gasteiger partial charge is 0.308 e. The highest BCUT2D eigenvalue weighted by Crippen LogP contribution is 2.11. The van der Waals surface area contributed by atoms with Crippen molar-refractivity contribution < 1.29 is 9.90 Å². The zero-order valence-electron chi connectivity index (χ0n) is 7.20. The highest BCUT2D eigenvalue weighted by molar-refractivity contribution is 5.72. The number of carboxylic acids is 1. The summed E-state index contributed by atoms with van der Waals surface area (Å²) < 4.78 is 0. The van der Waals surface area contributed by atoms with Crippen molar-refractivity contribution in [2.75, 3.05) is 7.05 Å². The first-order chi connectivity index (χ1) is 4.86. The van der Waals surface area contributed by atoms with Crippen LogP contribution in [0.3, 0.4) is 0 Å². The summed E-state index contributed by atoms with van der Waals surface area (Å²) in [7, 11) is 1.39. The van der Waals surface area contributed by atoms with Crippen molar-refractivity contribution in [2.45, 2.75) is 20.8 Å². The van der Waals surface area contributed by atoms with Crippen LogP contribution in [0.15, 0.2) is 5.11 Å². The average Bonchev–Trinajstić information content (AvgIpc) is 1.87. The molecule has 0 unspecified atom stereocenters. The molecule has 0 amide bonds. The Bertz CT molecular complexity index is 165. The average molecular weight is 159 g/mol. The highest BCUT2D eigenvalue weighted by atomic mass is 16.4. The van der Waals surface area contributed by atoms with Gasteiger partial charge in [-0.05, 0) is 26.3 Å². The monoisotopic (exact) mass is 159 g/mol. The Kier molecular flexibility index (Phi) is 6.29. The second-order valence-corrected chi connectivity index (χ2v) is 2.84. The minimum absolute atomic E-state index is 0.583. The number of rotatable bonds is 0. The molecule has 0 bridgehead atoms. The molecule has 1 N–H and O–H groups in total. The van der Waals surface area contributed by atoms with Crippen LogP contribution < -0.4 is 0 Å². The fourth-order valence-corrected chi connectivity index (χ4v) is 0. The topological polar surface area (TPSA) is 86.1 Å². The highest BCUT2D eigenvalue weighted by Gasteiger charge is 2.18. The Morgan fingerprint density at radius 1 is 1.55 bits per heavy atom. The van der Waals surface area contributed by atoms with E-state index in [1.165, 1.54) is 7.05 Å². The van der Waals surface area contributed by atoms with Gasteiger partial charge in [-0.15, -0.1) is 0 Å². The normalized spacial score (nSPS) is 8.73. The first-order valence-corrected chi connectivity index (χ1v) is 3.02. The summed E-state index contributed by atoms with van der Waals surface area (Å²) in [6, 6.07) is 0. The maximum atomic E-state index is 10.0. The minimum atomic E-state index is -0.757. The lowest BCUT2D eigenvalue weighted by atomic mass is 9.98. The summed E-state index contributed by atoms with van der Waals surface area (Å²) in [4.78, 5) is 12.4. The summed E-state index contributed by atoms with van der Waals surface area (Å²) in [5.74, 6) is -0.757. The number of nitrogens with zero attached hydrogens (tertiary/aromatic N) is 3. The summed E-state index contributed by atoms with van der Waals surface area (Å²) in [5.41, 5.74) is 6.75. The zero-order valence-corrected chi connectivity index (χ0v) is 7.20. The maximum Gasteiger partial charge on any atom is 0.308 e. The summed E-state index contributed by atoms with van der Waals surface area (Å²) >= 11 is 0. The molecule has 0 radical (unpaired) electrons. The first-order valence-electron chi connectivity index (χ1n) is 3.02. The molecule has 0 rings (SSSR count). The molecule has 0 aliphatic carbocycles. The molecule has 0 heterocycles. The van der Waals surface area contributed by atoms with Gasteiger partial charge in [0.25, 0.3) is 0 Å². The van der Waals surface area contributed by atoms with E-state index in [9.17, 15) is 4.79 Å². The van der Waals surface area contributed by atoms with E-state index in [2.05, 4.69) is 10.0 Å². The van der Waals surface area contributed by atoms with Gasteiger partial charge in [0.15, 0.2) is 0 Å². The van der Waals surface area contributed by atoms with Crippen molar-refractivity contribution in [1.29, 1.82) is 0 Å². The lowest BCUT2D eigenvalue weighted by Crippen LogP contribution is -2.18. The molecule has 0 spiro atoms. The Labute approximate surface area is 65.7 Å². The van der Waals surface area contributed by atoms with E-state index in [0.717, 1.165) is 0 Å². The van der Waals surface area contributed by atoms with Crippen molar-refractivity contribution in [2.24, 2.45) is 10.5 Å². The maximum absolute atomic E-state index is 10.0. The summed E-state index contributed by atoms with van der Waals surface area (Å²) in [6.07, 6.45) is 0. The molecule has 0 saturated carbocycles. The fraction of sp³-hybridized carbons (Fsp3) is 0.833. The van der Waals surface area contributed by atoms with Gasteiger partial charge in [0.2, 0.25) is 0 Å². The molecule has 64 valence electrons. The van der Waals surface area contributed by atoms with E-state index in [-0.39, 0.29) is 0 Å². The molecule has 0 fully saturated rings. The van der Waals surface area contributed by atoms with Crippen molar-refractivity contribution in [3.05, 3.63) is 10.4 Å². The fourth-order valence-electron chi connectivity index (χ4n) is 0. The van der Waals surface area contributed by atoms with Gasteiger partial charge in [0, 0.05) is 12.0 Å². The van der Waals surface area contributed by atoms with Crippen LogP contribution in [-0.4, -0.2) is 18.1 Å². The molecule has 0 aliphatic heterocycles. The van der Waals surface area contributed by atoms with Crippen molar-refractivity contribution in [1.82, 2.24) is 0 Å². The Morgan fingerprint density at radius 3 is 1.73 bits per heavy atom. The van der Waals surface area contributed by atoms with E-state index >= 15 is 0 Å². The lowest BCUT2D eigenvalue weighted by Gasteiger charge is -2.08. The van der Waals surface area contributed by atoms with Crippen molar-refractivity contribution in [3.8, 4) is 0 Å². The van der Waals surface area contributed by atoms with Crippen LogP contribution in [0.4, 0.5) is 0 Å². The second-order valence-electron chi connectivity index (χ2n) is 2.84. The van der Waals surface area contributed by atoms with Gasteiger partial charge in [0.05, 0.1) is 5.41 Å². The molecule has 5 heteroatoms. The van der Waals surface area contributed by atoms with Crippen LogP contribution in [0.2, 0.25) is 0 Å². The second kappa shape index (κ2) is 5.56. The SMILES string of the molecule is CC(C)(C)C(=O)O.CN=[N+]=[N-]. The molecule has 0 aliphatic rings. The predicted molar refractivity (Wildman–Crippen MR) is 42.2 cm³/mol. The van der Waals surface area contributed by atoms with E-state index < -0.39 is 11.4 Å². The van der Waals surface area contributed by atoms with Gasteiger partial charge in [-0.2, -0.15) is 0 Å². The molecule has 0 aromatic heterocycles. The molecule has 0 saturated heterocycles. The molecule has 5 nitrogen and oxygen atoms in total. The Hall–Kier alpha value is -1.22. The van der Waals surface area contributed by atoms with Crippen molar-refractivity contribution in [3.63, 3.8) is 0 Å². The first kappa shape index (κ1) is 12.5. The number of carboxylic acid groups (broad SMARTS) is 1. The Morgan fingerprint density at radius 2 is 1.73 bits per heavy atom. The largest absolute Gasteiger partial charge is 0.481 e. The van der Waals surface area contributed by atoms with Crippen LogP contribution in [0.25, 0.3) is 10.4 Å². The number of aliphatic carboxylic acids is 1. The third kappa shape index (κ3) is 12.1. The third-order valence-corrected chi connectivity index (χ3v) is 0.731. The van der Waals surface area contributed by atoms with Gasteiger partial charge < -0.3 is 5.11 Å². The zero-order chi connectivity index (χ0) is 9.49. The van der Waals surface area contributed by atoms with Crippen molar-refractivity contribution >= 4 is 5.97 Å². The molecular weight excluding hydrogens is 146 g/mol. The van der Waals surface area contributed by atoms with Crippen LogP contribution in [0.1, 0.15) is 20.8 Å². The van der Waals surface area contributed by atoms with E-state index in [1.807, 2.05) is 0 Å². The molecule has 0 atom stereocenters. The Balaban J connectivity index is 0. The molecular formula is C6H13N3O2. The van der Waals surface area contributed by atoms with Crippen LogP contribution in [0, 0.1) is 5.41 Å². The lowest BCUT2D eigenvalue weighted by molar-refractivity contribution is -0.145. The van der Waals surface area contributed by atoms with E-state index in [0.29, 0.717) is 0 Å². The quantitative estimate of drug-likeness (QED) is 0.333. The minimum Gasteiger partial charge on any atom is -0.481 e. The third-order valence-electron chi connectivity index (χ3n) is 0.731. The van der Waals surface area contributed by atoms with Gasteiger partial charge in [0.1, 0.15) is 0 Å². The molecule has 11 heavy (non-hydrogen) atoms. The van der Waals surface area contributed by atoms with Crippen LogP contribution in [-0.2, 0) is 4.79 Å². The number of carbonyl (C=O) groups is 1. The standard InChI is InChI=1S/C5H10O2.CH3N3/c1-5(2,3)4(6)7;1-3-4-2/h1-3H3,(H,6,7);1H3. The van der Waals surface area contributed by atoms with Gasteiger partial charge in [-0.3, -0.25) is 4.79 Å². The molecule has 0 aromatic carbocycles. The van der Waals surface area contributed by atoms with E-state index in [1.54, 1.807) is 20.8 Å². The molecule has 0 aromatic rings. The number of azide groups is 1.